The molecule has 3 rings (SSSR count). The van der Waals surface area contributed by atoms with Gasteiger partial charge in [-0.05, 0) is 29.9 Å². The number of aromatic amines is 2. The fourth-order valence-corrected chi connectivity index (χ4v) is 2.76. The average molecular weight is 291 g/mol. The molecule has 4 nitrogen and oxygen atoms in total. The molecule has 0 radical (unpaired) electrons. The number of aromatic nitrogens is 2. The third-order valence-corrected chi connectivity index (χ3v) is 3.69. The summed E-state index contributed by atoms with van der Waals surface area (Å²) in [4.78, 5) is 19.7. The van der Waals surface area contributed by atoms with Crippen LogP contribution in [0.2, 0.25) is 0 Å². The summed E-state index contributed by atoms with van der Waals surface area (Å²) in [5.74, 6) is -0.234. The molecule has 1 aliphatic heterocycles. The molecule has 0 saturated carbocycles. The number of benzene rings is 1. The first-order chi connectivity index (χ1) is 9.61. The van der Waals surface area contributed by atoms with Gasteiger partial charge in [-0.2, -0.15) is 0 Å². The van der Waals surface area contributed by atoms with Gasteiger partial charge in [-0.25, -0.2) is 4.39 Å². The van der Waals surface area contributed by atoms with E-state index in [9.17, 15) is 9.18 Å². The van der Waals surface area contributed by atoms with Gasteiger partial charge in [0.25, 0.3) is 5.56 Å². The number of halogens is 1. The molecule has 104 valence electrons. The number of nitrogens with one attached hydrogen (secondary N) is 2. The zero-order valence-corrected chi connectivity index (χ0v) is 11.6. The van der Waals surface area contributed by atoms with Crippen LogP contribution < -0.4 is 5.56 Å². The molecule has 2 aromatic rings. The first-order valence-corrected chi connectivity index (χ1v) is 6.84. The van der Waals surface area contributed by atoms with Crippen molar-refractivity contribution in [2.45, 2.75) is 19.5 Å². The Bertz CT molecular complexity index is 753. The van der Waals surface area contributed by atoms with E-state index in [1.807, 2.05) is 6.07 Å². The lowest BCUT2D eigenvalue weighted by Gasteiger charge is -2.27. The quantitative estimate of drug-likeness (QED) is 0.833. The van der Waals surface area contributed by atoms with Crippen LogP contribution in [0.25, 0.3) is 0 Å². The van der Waals surface area contributed by atoms with Crippen LogP contribution >= 0.6 is 12.2 Å². The van der Waals surface area contributed by atoms with Crippen molar-refractivity contribution in [1.29, 1.82) is 0 Å². The van der Waals surface area contributed by atoms with Gasteiger partial charge in [-0.3, -0.25) is 14.7 Å². The van der Waals surface area contributed by atoms with Crippen LogP contribution in [0.3, 0.4) is 0 Å². The Morgan fingerprint density at radius 1 is 1.35 bits per heavy atom. The third-order valence-electron chi connectivity index (χ3n) is 3.48. The fourth-order valence-electron chi connectivity index (χ4n) is 2.54. The summed E-state index contributed by atoms with van der Waals surface area (Å²) in [7, 11) is 0. The molecule has 0 fully saturated rings. The van der Waals surface area contributed by atoms with Crippen LogP contribution in [0.15, 0.2) is 29.1 Å². The molecule has 1 aromatic carbocycles. The zero-order valence-electron chi connectivity index (χ0n) is 10.8. The van der Waals surface area contributed by atoms with Crippen LogP contribution in [-0.4, -0.2) is 21.4 Å². The molecule has 0 saturated heterocycles. The first kappa shape index (κ1) is 13.2. The minimum atomic E-state index is -0.234. The van der Waals surface area contributed by atoms with E-state index >= 15 is 0 Å². The Morgan fingerprint density at radius 2 is 2.20 bits per heavy atom. The van der Waals surface area contributed by atoms with Gasteiger partial charge in [0.05, 0.1) is 5.56 Å². The van der Waals surface area contributed by atoms with Crippen LogP contribution in [0.1, 0.15) is 16.8 Å². The maximum absolute atomic E-state index is 13.2. The molecule has 20 heavy (non-hydrogen) atoms. The number of fused-ring (bicyclic) bond motifs is 1. The van der Waals surface area contributed by atoms with Gasteiger partial charge >= 0.3 is 0 Å². The molecular formula is C14H14FN3OS. The van der Waals surface area contributed by atoms with Crippen molar-refractivity contribution >= 4 is 12.2 Å². The molecule has 1 aliphatic rings. The normalized spacial score (nSPS) is 15.1. The number of rotatable bonds is 2. The maximum atomic E-state index is 13.2. The summed E-state index contributed by atoms with van der Waals surface area (Å²) < 4.78 is 13.5. The van der Waals surface area contributed by atoms with Gasteiger partial charge < -0.3 is 4.98 Å². The lowest BCUT2D eigenvalue weighted by molar-refractivity contribution is 0.241. The van der Waals surface area contributed by atoms with Crippen molar-refractivity contribution < 1.29 is 4.39 Å². The largest absolute Gasteiger partial charge is 0.335 e. The first-order valence-electron chi connectivity index (χ1n) is 6.43. The lowest BCUT2D eigenvalue weighted by atomic mass is 10.1. The third kappa shape index (κ3) is 2.71. The van der Waals surface area contributed by atoms with E-state index in [-0.39, 0.29) is 11.4 Å². The summed E-state index contributed by atoms with van der Waals surface area (Å²) in [6.45, 7) is 2.00. The molecule has 0 spiro atoms. The van der Waals surface area contributed by atoms with Crippen molar-refractivity contribution in [2.24, 2.45) is 0 Å². The van der Waals surface area contributed by atoms with E-state index in [4.69, 9.17) is 12.2 Å². The molecule has 0 bridgehead atoms. The van der Waals surface area contributed by atoms with Gasteiger partial charge in [0.2, 0.25) is 0 Å². The van der Waals surface area contributed by atoms with Crippen LogP contribution in [0.4, 0.5) is 4.39 Å². The van der Waals surface area contributed by atoms with E-state index in [2.05, 4.69) is 14.9 Å². The second-order valence-corrected chi connectivity index (χ2v) is 5.36. The smallest absolute Gasteiger partial charge is 0.256 e. The second-order valence-electron chi connectivity index (χ2n) is 4.96. The Hall–Kier alpha value is -1.79. The predicted molar refractivity (Wildman–Crippen MR) is 76.5 cm³/mol. The van der Waals surface area contributed by atoms with E-state index in [0.717, 1.165) is 29.8 Å². The molecule has 0 unspecified atom stereocenters. The Morgan fingerprint density at radius 3 is 3.00 bits per heavy atom. The Balaban J connectivity index is 1.82. The van der Waals surface area contributed by atoms with E-state index < -0.39 is 0 Å². The molecule has 6 heteroatoms. The van der Waals surface area contributed by atoms with Crippen molar-refractivity contribution in [3.05, 3.63) is 62.0 Å². The highest BCUT2D eigenvalue weighted by Crippen LogP contribution is 2.16. The van der Waals surface area contributed by atoms with E-state index in [1.165, 1.54) is 12.1 Å². The van der Waals surface area contributed by atoms with Crippen LogP contribution in [0, 0.1) is 10.6 Å². The topological polar surface area (TPSA) is 51.9 Å². The summed E-state index contributed by atoms with van der Waals surface area (Å²) >= 11 is 4.97. The van der Waals surface area contributed by atoms with Gasteiger partial charge in [0.15, 0.2) is 4.77 Å². The van der Waals surface area contributed by atoms with Gasteiger partial charge in [0, 0.05) is 31.7 Å². The summed E-state index contributed by atoms with van der Waals surface area (Å²) in [5.41, 5.74) is 2.41. The number of nitrogens with zero attached hydrogens (tertiary/aromatic N) is 1. The second kappa shape index (κ2) is 5.30. The molecule has 1 aromatic heterocycles. The summed E-state index contributed by atoms with van der Waals surface area (Å²) in [6, 6.07) is 6.55. The minimum absolute atomic E-state index is 0.132. The zero-order chi connectivity index (χ0) is 14.1. The van der Waals surface area contributed by atoms with Crippen molar-refractivity contribution in [3.63, 3.8) is 0 Å². The molecule has 2 N–H and O–H groups in total. The van der Waals surface area contributed by atoms with Gasteiger partial charge in [-0.1, -0.05) is 12.1 Å². The van der Waals surface area contributed by atoms with Crippen molar-refractivity contribution in [2.75, 3.05) is 6.54 Å². The molecular weight excluding hydrogens is 277 g/mol. The number of hydrogen-bond donors (Lipinski definition) is 2. The standard InChI is InChI=1S/C14H14FN3OS/c15-10-3-1-2-9(6-10)7-18-5-4-12-11(8-18)13(19)17-14(20)16-12/h1-3,6H,4-5,7-8H2,(H2,16,17,19,20). The van der Waals surface area contributed by atoms with Crippen LogP contribution in [-0.2, 0) is 19.5 Å². The van der Waals surface area contributed by atoms with Gasteiger partial charge in [-0.15, -0.1) is 0 Å². The maximum Gasteiger partial charge on any atom is 0.256 e. The number of H-pyrrole nitrogens is 2. The lowest BCUT2D eigenvalue weighted by Crippen LogP contribution is -2.35. The highest BCUT2D eigenvalue weighted by atomic mass is 32.1. The summed E-state index contributed by atoms with van der Waals surface area (Å²) in [6.07, 6.45) is 0.748. The van der Waals surface area contributed by atoms with Crippen molar-refractivity contribution in [1.82, 2.24) is 14.9 Å². The Labute approximate surface area is 120 Å². The van der Waals surface area contributed by atoms with E-state index in [0.29, 0.717) is 17.9 Å². The van der Waals surface area contributed by atoms with E-state index in [1.54, 1.807) is 6.07 Å². The molecule has 0 aliphatic carbocycles. The fraction of sp³-hybridized carbons (Fsp3) is 0.286. The molecule has 0 amide bonds. The Kier molecular flexibility index (Phi) is 3.50. The van der Waals surface area contributed by atoms with Crippen LogP contribution in [0.5, 0.6) is 0 Å². The van der Waals surface area contributed by atoms with Gasteiger partial charge in [0.1, 0.15) is 5.82 Å². The predicted octanol–water partition coefficient (Wildman–Crippen LogP) is 2.13. The minimum Gasteiger partial charge on any atom is -0.335 e. The molecule has 2 heterocycles. The SMILES string of the molecule is O=c1[nH]c(=S)[nH]c2c1CN(Cc1cccc(F)c1)CC2. The molecule has 0 atom stereocenters. The highest BCUT2D eigenvalue weighted by Gasteiger charge is 2.19. The number of hydrogen-bond acceptors (Lipinski definition) is 3. The monoisotopic (exact) mass is 291 g/mol. The highest BCUT2D eigenvalue weighted by molar-refractivity contribution is 7.71. The summed E-state index contributed by atoms with van der Waals surface area (Å²) in [5, 5.41) is 0. The average Bonchev–Trinajstić information content (AvgIpc) is 2.39. The van der Waals surface area contributed by atoms with Crippen molar-refractivity contribution in [3.8, 4) is 0 Å².